The zero-order chi connectivity index (χ0) is 14.9. The van der Waals surface area contributed by atoms with Gasteiger partial charge in [-0.1, -0.05) is 24.3 Å². The number of rotatable bonds is 3. The van der Waals surface area contributed by atoms with Gasteiger partial charge in [-0.15, -0.1) is 0 Å². The molecule has 0 spiro atoms. The third kappa shape index (κ3) is 2.85. The van der Waals surface area contributed by atoms with E-state index in [0.717, 1.165) is 23.4 Å². The van der Waals surface area contributed by atoms with E-state index in [0.29, 0.717) is 12.1 Å². The molecule has 1 aliphatic heterocycles. The first-order valence-corrected chi connectivity index (χ1v) is 7.11. The van der Waals surface area contributed by atoms with Crippen LogP contribution in [-0.2, 0) is 13.0 Å². The number of nitrogens with one attached hydrogen (secondary N) is 1. The lowest BCUT2D eigenvalue weighted by Gasteiger charge is -2.18. The highest BCUT2D eigenvalue weighted by Crippen LogP contribution is 2.37. The summed E-state index contributed by atoms with van der Waals surface area (Å²) in [5, 5.41) is 12.3. The van der Waals surface area contributed by atoms with Crippen molar-refractivity contribution in [3.05, 3.63) is 59.2 Å². The highest BCUT2D eigenvalue weighted by Gasteiger charge is 2.31. The molecular weight excluding hydrogens is 260 g/mol. The zero-order valence-corrected chi connectivity index (χ0v) is 12.3. The third-order valence-corrected chi connectivity index (χ3v) is 3.65. The van der Waals surface area contributed by atoms with Crippen molar-refractivity contribution in [3.63, 3.8) is 0 Å². The minimum absolute atomic E-state index is 0.126. The van der Waals surface area contributed by atoms with Crippen LogP contribution in [0.4, 0.5) is 5.69 Å². The molecule has 0 atom stereocenters. The van der Waals surface area contributed by atoms with Crippen LogP contribution >= 0.6 is 0 Å². The summed E-state index contributed by atoms with van der Waals surface area (Å²) >= 11 is 0. The summed E-state index contributed by atoms with van der Waals surface area (Å²) in [6, 6.07) is 16.0. The van der Waals surface area contributed by atoms with E-state index in [2.05, 4.69) is 43.4 Å². The highest BCUT2D eigenvalue weighted by atomic mass is 16.5. The standard InChI is InChI=1S/C18H18N2O/c1-18(2)10-14-6-4-7-15(17(14)21-18)12-20-16-8-3-5-13(9-16)11-19/h3-9,20H,10,12H2,1-2H3. The van der Waals surface area contributed by atoms with Crippen molar-refractivity contribution < 1.29 is 4.74 Å². The van der Waals surface area contributed by atoms with Crippen molar-refractivity contribution in [3.8, 4) is 11.8 Å². The summed E-state index contributed by atoms with van der Waals surface area (Å²) in [5.41, 5.74) is 3.91. The van der Waals surface area contributed by atoms with Crippen LogP contribution in [-0.4, -0.2) is 5.60 Å². The topological polar surface area (TPSA) is 45.0 Å². The van der Waals surface area contributed by atoms with Crippen LogP contribution in [0.5, 0.6) is 5.75 Å². The van der Waals surface area contributed by atoms with Gasteiger partial charge >= 0.3 is 0 Å². The van der Waals surface area contributed by atoms with Crippen LogP contribution in [0.3, 0.4) is 0 Å². The molecule has 1 N–H and O–H groups in total. The van der Waals surface area contributed by atoms with Crippen molar-refractivity contribution >= 4 is 5.69 Å². The number of ether oxygens (including phenoxy) is 1. The second-order valence-electron chi connectivity index (χ2n) is 5.99. The predicted molar refractivity (Wildman–Crippen MR) is 83.3 cm³/mol. The lowest BCUT2D eigenvalue weighted by molar-refractivity contribution is 0.137. The van der Waals surface area contributed by atoms with Crippen molar-refractivity contribution in [2.75, 3.05) is 5.32 Å². The number of nitriles is 1. The lowest BCUT2D eigenvalue weighted by Crippen LogP contribution is -2.25. The predicted octanol–water partition coefficient (Wildman–Crippen LogP) is 3.88. The summed E-state index contributed by atoms with van der Waals surface area (Å²) in [6.45, 7) is 4.91. The van der Waals surface area contributed by atoms with E-state index in [1.807, 2.05) is 18.2 Å². The minimum atomic E-state index is -0.126. The fraction of sp³-hybridized carbons (Fsp3) is 0.278. The maximum atomic E-state index is 8.93. The first kappa shape index (κ1) is 13.5. The van der Waals surface area contributed by atoms with Crippen molar-refractivity contribution in [2.45, 2.75) is 32.4 Å². The summed E-state index contributed by atoms with van der Waals surface area (Å²) in [4.78, 5) is 0. The fourth-order valence-corrected chi connectivity index (χ4v) is 2.71. The molecule has 0 bridgehead atoms. The van der Waals surface area contributed by atoms with Crippen LogP contribution in [0.2, 0.25) is 0 Å². The first-order valence-electron chi connectivity index (χ1n) is 7.11. The average Bonchev–Trinajstić information content (AvgIpc) is 2.79. The van der Waals surface area contributed by atoms with Crippen molar-refractivity contribution in [1.82, 2.24) is 0 Å². The van der Waals surface area contributed by atoms with E-state index >= 15 is 0 Å². The minimum Gasteiger partial charge on any atom is -0.487 e. The van der Waals surface area contributed by atoms with Gasteiger partial charge in [0, 0.05) is 24.2 Å². The molecule has 0 saturated carbocycles. The van der Waals surface area contributed by atoms with E-state index in [4.69, 9.17) is 10.00 Å². The Morgan fingerprint density at radius 3 is 2.86 bits per heavy atom. The molecule has 3 nitrogen and oxygen atoms in total. The van der Waals surface area contributed by atoms with Gasteiger partial charge < -0.3 is 10.1 Å². The van der Waals surface area contributed by atoms with Gasteiger partial charge in [0.25, 0.3) is 0 Å². The van der Waals surface area contributed by atoms with Crippen LogP contribution in [0.15, 0.2) is 42.5 Å². The molecule has 2 aromatic rings. The molecule has 3 rings (SSSR count). The van der Waals surface area contributed by atoms with Crippen molar-refractivity contribution in [2.24, 2.45) is 0 Å². The Morgan fingerprint density at radius 2 is 2.05 bits per heavy atom. The Bertz CT molecular complexity index is 713. The van der Waals surface area contributed by atoms with E-state index in [9.17, 15) is 0 Å². The first-order chi connectivity index (χ1) is 10.1. The molecule has 1 aliphatic rings. The Morgan fingerprint density at radius 1 is 1.24 bits per heavy atom. The number of hydrogen-bond donors (Lipinski definition) is 1. The van der Waals surface area contributed by atoms with E-state index in [1.165, 1.54) is 5.56 Å². The smallest absolute Gasteiger partial charge is 0.128 e. The zero-order valence-electron chi connectivity index (χ0n) is 12.3. The summed E-state index contributed by atoms with van der Waals surface area (Å²) in [6.07, 6.45) is 0.945. The quantitative estimate of drug-likeness (QED) is 0.926. The largest absolute Gasteiger partial charge is 0.487 e. The molecule has 0 radical (unpaired) electrons. The molecule has 0 fully saturated rings. The molecule has 106 valence electrons. The molecule has 0 amide bonds. The van der Waals surface area contributed by atoms with Gasteiger partial charge in [0.15, 0.2) is 0 Å². The highest BCUT2D eigenvalue weighted by molar-refractivity contribution is 5.52. The Labute approximate surface area is 125 Å². The monoisotopic (exact) mass is 278 g/mol. The molecule has 0 aromatic heterocycles. The van der Waals surface area contributed by atoms with Crippen LogP contribution < -0.4 is 10.1 Å². The Kier molecular flexibility index (Phi) is 3.31. The number of benzene rings is 2. The number of hydrogen-bond acceptors (Lipinski definition) is 3. The number of anilines is 1. The number of nitrogens with zero attached hydrogens (tertiary/aromatic N) is 1. The summed E-state index contributed by atoms with van der Waals surface area (Å²) in [7, 11) is 0. The van der Waals surface area contributed by atoms with Gasteiger partial charge in [0.1, 0.15) is 11.4 Å². The average molecular weight is 278 g/mol. The maximum absolute atomic E-state index is 8.93. The van der Waals surface area contributed by atoms with Gasteiger partial charge in [-0.05, 0) is 37.6 Å². The molecule has 1 heterocycles. The molecule has 0 unspecified atom stereocenters. The third-order valence-electron chi connectivity index (χ3n) is 3.65. The van der Waals surface area contributed by atoms with Crippen LogP contribution in [0.25, 0.3) is 0 Å². The fourth-order valence-electron chi connectivity index (χ4n) is 2.71. The summed E-state index contributed by atoms with van der Waals surface area (Å²) < 4.78 is 6.07. The van der Waals surface area contributed by atoms with E-state index < -0.39 is 0 Å². The van der Waals surface area contributed by atoms with Crippen molar-refractivity contribution in [1.29, 1.82) is 5.26 Å². The van der Waals surface area contributed by atoms with Gasteiger partial charge in [-0.2, -0.15) is 5.26 Å². The van der Waals surface area contributed by atoms with Crippen LogP contribution in [0, 0.1) is 11.3 Å². The van der Waals surface area contributed by atoms with Crippen LogP contribution in [0.1, 0.15) is 30.5 Å². The van der Waals surface area contributed by atoms with Gasteiger partial charge in [0.2, 0.25) is 0 Å². The lowest BCUT2D eigenvalue weighted by atomic mass is 10.0. The normalized spacial score (nSPS) is 14.9. The van der Waals surface area contributed by atoms with Gasteiger partial charge in [-0.3, -0.25) is 0 Å². The number of fused-ring (bicyclic) bond motifs is 1. The SMILES string of the molecule is CC1(C)Cc2cccc(CNc3cccc(C#N)c3)c2O1. The Hall–Kier alpha value is -2.47. The molecule has 0 aliphatic carbocycles. The second-order valence-corrected chi connectivity index (χ2v) is 5.99. The molecule has 0 saturated heterocycles. The molecule has 2 aromatic carbocycles. The van der Waals surface area contributed by atoms with Gasteiger partial charge in [-0.25, -0.2) is 0 Å². The Balaban J connectivity index is 1.78. The maximum Gasteiger partial charge on any atom is 0.128 e. The van der Waals surface area contributed by atoms with E-state index in [-0.39, 0.29) is 5.60 Å². The molecule has 3 heteroatoms. The molecule has 21 heavy (non-hydrogen) atoms. The molecular formula is C18H18N2O. The number of para-hydroxylation sites is 1. The summed E-state index contributed by atoms with van der Waals surface area (Å²) in [5.74, 6) is 1.01. The van der Waals surface area contributed by atoms with E-state index in [1.54, 1.807) is 6.07 Å². The second kappa shape index (κ2) is 5.14. The van der Waals surface area contributed by atoms with Gasteiger partial charge in [0.05, 0.1) is 11.6 Å².